The molecule has 0 aromatic heterocycles. The Morgan fingerprint density at radius 3 is 2.79 bits per heavy atom. The molecule has 3 rings (SSSR count). The van der Waals surface area contributed by atoms with Gasteiger partial charge in [0.25, 0.3) is 5.91 Å². The van der Waals surface area contributed by atoms with Crippen molar-refractivity contribution >= 4 is 5.91 Å². The van der Waals surface area contributed by atoms with Crippen LogP contribution in [0.15, 0.2) is 24.3 Å². The summed E-state index contributed by atoms with van der Waals surface area (Å²) in [5, 5.41) is 12.3. The fraction of sp³-hybridized carbons (Fsp3) is 0.467. The van der Waals surface area contributed by atoms with Crippen LogP contribution in [0.5, 0.6) is 0 Å². The van der Waals surface area contributed by atoms with Gasteiger partial charge in [0.15, 0.2) is 0 Å². The van der Waals surface area contributed by atoms with Gasteiger partial charge >= 0.3 is 0 Å². The maximum Gasteiger partial charge on any atom is 0.253 e. The van der Waals surface area contributed by atoms with Gasteiger partial charge in [0.2, 0.25) is 0 Å². The van der Waals surface area contributed by atoms with Crippen LogP contribution >= 0.6 is 0 Å². The van der Waals surface area contributed by atoms with Crippen molar-refractivity contribution in [1.82, 2.24) is 10.2 Å². The smallest absolute Gasteiger partial charge is 0.253 e. The minimum atomic E-state index is 0.0840. The van der Waals surface area contributed by atoms with E-state index in [1.165, 1.54) is 12.8 Å². The molecule has 2 aliphatic rings. The quantitative estimate of drug-likeness (QED) is 0.825. The van der Waals surface area contributed by atoms with Crippen molar-refractivity contribution in [2.45, 2.75) is 18.9 Å². The van der Waals surface area contributed by atoms with E-state index in [4.69, 9.17) is 5.26 Å². The van der Waals surface area contributed by atoms with Crippen LogP contribution < -0.4 is 5.32 Å². The number of likely N-dealkylation sites (tertiary alicyclic amines) is 1. The Morgan fingerprint density at radius 1 is 1.32 bits per heavy atom. The Hall–Kier alpha value is -1.86. The molecule has 2 saturated heterocycles. The van der Waals surface area contributed by atoms with Crippen molar-refractivity contribution < 1.29 is 4.79 Å². The maximum atomic E-state index is 12.4. The fourth-order valence-corrected chi connectivity index (χ4v) is 3.08. The molecule has 1 aromatic carbocycles. The molecule has 2 unspecified atom stereocenters. The number of benzene rings is 1. The highest BCUT2D eigenvalue weighted by Crippen LogP contribution is 2.26. The van der Waals surface area contributed by atoms with Crippen LogP contribution in [-0.2, 0) is 0 Å². The molecule has 1 N–H and O–H groups in total. The number of piperidine rings is 1. The number of nitriles is 1. The average molecular weight is 255 g/mol. The number of nitrogens with zero attached hydrogens (tertiary/aromatic N) is 2. The monoisotopic (exact) mass is 255 g/mol. The van der Waals surface area contributed by atoms with Crippen molar-refractivity contribution in [2.75, 3.05) is 19.6 Å². The minimum Gasteiger partial charge on any atom is -0.337 e. The van der Waals surface area contributed by atoms with Gasteiger partial charge in [-0.1, -0.05) is 0 Å². The van der Waals surface area contributed by atoms with Crippen molar-refractivity contribution in [2.24, 2.45) is 5.92 Å². The highest BCUT2D eigenvalue weighted by atomic mass is 16.2. The topological polar surface area (TPSA) is 56.1 Å². The van der Waals surface area contributed by atoms with E-state index in [2.05, 4.69) is 11.4 Å². The summed E-state index contributed by atoms with van der Waals surface area (Å²) in [5.41, 5.74) is 1.27. The van der Waals surface area contributed by atoms with E-state index < -0.39 is 0 Å². The van der Waals surface area contributed by atoms with Gasteiger partial charge in [0, 0.05) is 24.7 Å². The van der Waals surface area contributed by atoms with Crippen molar-refractivity contribution in [3.8, 4) is 6.07 Å². The minimum absolute atomic E-state index is 0.0840. The summed E-state index contributed by atoms with van der Waals surface area (Å²) in [6, 6.07) is 9.44. The van der Waals surface area contributed by atoms with Crippen LogP contribution in [0, 0.1) is 17.2 Å². The molecule has 4 heteroatoms. The lowest BCUT2D eigenvalue weighted by atomic mass is 9.94. The second-order valence-corrected chi connectivity index (χ2v) is 5.36. The number of rotatable bonds is 1. The summed E-state index contributed by atoms with van der Waals surface area (Å²) < 4.78 is 0. The molecule has 2 aliphatic heterocycles. The number of nitrogens with one attached hydrogen (secondary N) is 1. The molecular weight excluding hydrogens is 238 g/mol. The molecule has 2 atom stereocenters. The summed E-state index contributed by atoms with van der Waals surface area (Å²) in [5.74, 6) is 0.691. The lowest BCUT2D eigenvalue weighted by Gasteiger charge is -2.24. The first-order valence-electron chi connectivity index (χ1n) is 6.81. The van der Waals surface area contributed by atoms with E-state index in [1.54, 1.807) is 24.3 Å². The molecule has 2 heterocycles. The maximum absolute atomic E-state index is 12.4. The zero-order valence-corrected chi connectivity index (χ0v) is 10.8. The first-order valence-corrected chi connectivity index (χ1v) is 6.81. The van der Waals surface area contributed by atoms with Gasteiger partial charge in [-0.3, -0.25) is 4.79 Å². The molecule has 0 spiro atoms. The number of fused-ring (bicyclic) bond motifs is 1. The van der Waals surface area contributed by atoms with E-state index in [1.807, 2.05) is 4.90 Å². The molecule has 0 radical (unpaired) electrons. The first kappa shape index (κ1) is 12.2. The number of amides is 1. The zero-order valence-electron chi connectivity index (χ0n) is 10.8. The highest BCUT2D eigenvalue weighted by molar-refractivity contribution is 5.94. The number of hydrogen-bond acceptors (Lipinski definition) is 3. The van der Waals surface area contributed by atoms with E-state index >= 15 is 0 Å². The second-order valence-electron chi connectivity index (χ2n) is 5.36. The van der Waals surface area contributed by atoms with Gasteiger partial charge in [-0.25, -0.2) is 0 Å². The Bertz CT molecular complexity index is 503. The molecule has 1 aromatic rings. The van der Waals surface area contributed by atoms with Crippen LogP contribution in [0.2, 0.25) is 0 Å². The van der Waals surface area contributed by atoms with Crippen molar-refractivity contribution in [3.63, 3.8) is 0 Å². The predicted molar refractivity (Wildman–Crippen MR) is 71.6 cm³/mol. The van der Waals surface area contributed by atoms with E-state index in [-0.39, 0.29) is 5.91 Å². The van der Waals surface area contributed by atoms with E-state index in [0.29, 0.717) is 23.1 Å². The highest BCUT2D eigenvalue weighted by Gasteiger charge is 2.36. The fourth-order valence-electron chi connectivity index (χ4n) is 3.08. The Kier molecular flexibility index (Phi) is 3.22. The Labute approximate surface area is 113 Å². The van der Waals surface area contributed by atoms with Crippen LogP contribution in [0.1, 0.15) is 28.8 Å². The normalized spacial score (nSPS) is 25.7. The first-order chi connectivity index (χ1) is 9.28. The van der Waals surface area contributed by atoms with Crippen LogP contribution in [0.4, 0.5) is 0 Å². The van der Waals surface area contributed by atoms with E-state index in [9.17, 15) is 4.79 Å². The molecule has 0 aliphatic carbocycles. The van der Waals surface area contributed by atoms with Crippen LogP contribution in [-0.4, -0.2) is 36.5 Å². The molecule has 98 valence electrons. The zero-order chi connectivity index (χ0) is 13.2. The summed E-state index contributed by atoms with van der Waals surface area (Å²) in [6.45, 7) is 2.74. The van der Waals surface area contributed by atoms with E-state index in [0.717, 1.165) is 19.6 Å². The Morgan fingerprint density at radius 2 is 2.11 bits per heavy atom. The molecular formula is C15H17N3O. The summed E-state index contributed by atoms with van der Waals surface area (Å²) >= 11 is 0. The average Bonchev–Trinajstić information content (AvgIpc) is 2.90. The van der Waals surface area contributed by atoms with Crippen molar-refractivity contribution in [1.29, 1.82) is 5.26 Å². The summed E-state index contributed by atoms with van der Waals surface area (Å²) in [4.78, 5) is 14.3. The van der Waals surface area contributed by atoms with Gasteiger partial charge in [0.1, 0.15) is 0 Å². The molecule has 0 saturated carbocycles. The van der Waals surface area contributed by atoms with Gasteiger partial charge in [0.05, 0.1) is 11.6 Å². The second kappa shape index (κ2) is 5.02. The standard InChI is InChI=1S/C15H17N3O/c16-8-11-3-5-12(6-4-11)15(19)18-9-13-2-1-7-17-14(13)10-18/h3-6,13-14,17H,1-2,7,9-10H2. The van der Waals surface area contributed by atoms with Crippen LogP contribution in [0.25, 0.3) is 0 Å². The molecule has 4 nitrogen and oxygen atoms in total. The number of carbonyl (C=O) groups excluding carboxylic acids is 1. The Balaban J connectivity index is 1.72. The van der Waals surface area contributed by atoms with Crippen molar-refractivity contribution in [3.05, 3.63) is 35.4 Å². The van der Waals surface area contributed by atoms with Gasteiger partial charge in [-0.15, -0.1) is 0 Å². The molecule has 1 amide bonds. The lowest BCUT2D eigenvalue weighted by molar-refractivity contribution is 0.0785. The summed E-state index contributed by atoms with van der Waals surface area (Å²) in [7, 11) is 0. The molecule has 2 fully saturated rings. The number of carbonyl (C=O) groups is 1. The summed E-state index contributed by atoms with van der Waals surface area (Å²) in [6.07, 6.45) is 2.43. The predicted octanol–water partition coefficient (Wildman–Crippen LogP) is 1.38. The third-order valence-corrected chi connectivity index (χ3v) is 4.15. The molecule has 0 bridgehead atoms. The van der Waals surface area contributed by atoms with Gasteiger partial charge in [-0.05, 0) is 49.6 Å². The van der Waals surface area contributed by atoms with Gasteiger partial charge in [-0.2, -0.15) is 5.26 Å². The largest absolute Gasteiger partial charge is 0.337 e. The third-order valence-electron chi connectivity index (χ3n) is 4.15. The van der Waals surface area contributed by atoms with Crippen LogP contribution in [0.3, 0.4) is 0 Å². The lowest BCUT2D eigenvalue weighted by Crippen LogP contribution is -2.41. The third kappa shape index (κ3) is 2.34. The number of hydrogen-bond donors (Lipinski definition) is 1. The van der Waals surface area contributed by atoms with Gasteiger partial charge < -0.3 is 10.2 Å². The molecule has 19 heavy (non-hydrogen) atoms. The SMILES string of the molecule is N#Cc1ccc(C(=O)N2CC3CCCNC3C2)cc1.